The van der Waals surface area contributed by atoms with Gasteiger partial charge in [-0.3, -0.25) is 4.79 Å². The molecule has 1 amide bonds. The Hall–Kier alpha value is -2.12. The summed E-state index contributed by atoms with van der Waals surface area (Å²) in [6.07, 6.45) is 0. The number of amides is 1. The van der Waals surface area contributed by atoms with Crippen molar-refractivity contribution >= 4 is 39.3 Å². The van der Waals surface area contributed by atoms with Gasteiger partial charge in [-0.25, -0.2) is 0 Å². The van der Waals surface area contributed by atoms with Crippen LogP contribution in [0, 0.1) is 6.92 Å². The van der Waals surface area contributed by atoms with E-state index in [9.17, 15) is 4.79 Å². The molecule has 1 aromatic heterocycles. The summed E-state index contributed by atoms with van der Waals surface area (Å²) in [7, 11) is 0. The molecule has 1 heterocycles. The molecule has 122 valence electrons. The van der Waals surface area contributed by atoms with Crippen molar-refractivity contribution in [1.29, 1.82) is 0 Å². The van der Waals surface area contributed by atoms with Gasteiger partial charge in [0, 0.05) is 10.0 Å². The van der Waals surface area contributed by atoms with Gasteiger partial charge in [0.05, 0.1) is 11.4 Å². The molecular formula is C17H14BrN3O2S. The molecule has 0 aliphatic carbocycles. The van der Waals surface area contributed by atoms with Gasteiger partial charge in [0.25, 0.3) is 5.22 Å². The average Bonchev–Trinajstić information content (AvgIpc) is 3.04. The zero-order valence-corrected chi connectivity index (χ0v) is 15.2. The van der Waals surface area contributed by atoms with Crippen molar-refractivity contribution in [1.82, 2.24) is 10.2 Å². The third-order valence-corrected chi connectivity index (χ3v) is 4.77. The van der Waals surface area contributed by atoms with E-state index in [4.69, 9.17) is 4.42 Å². The lowest BCUT2D eigenvalue weighted by Crippen LogP contribution is -2.14. The van der Waals surface area contributed by atoms with Crippen LogP contribution < -0.4 is 5.32 Å². The molecular weight excluding hydrogens is 390 g/mol. The van der Waals surface area contributed by atoms with Crippen molar-refractivity contribution in [3.63, 3.8) is 0 Å². The van der Waals surface area contributed by atoms with Gasteiger partial charge in [0.1, 0.15) is 0 Å². The zero-order chi connectivity index (χ0) is 16.9. The molecule has 0 spiro atoms. The molecule has 3 rings (SSSR count). The van der Waals surface area contributed by atoms with E-state index in [0.717, 1.165) is 21.3 Å². The quantitative estimate of drug-likeness (QED) is 0.633. The molecule has 7 heteroatoms. The Morgan fingerprint density at radius 3 is 2.71 bits per heavy atom. The van der Waals surface area contributed by atoms with Crippen LogP contribution in [0.1, 0.15) is 5.56 Å². The van der Waals surface area contributed by atoms with Crippen LogP contribution in [-0.2, 0) is 4.79 Å². The molecule has 0 saturated carbocycles. The Morgan fingerprint density at radius 2 is 1.92 bits per heavy atom. The third-order valence-electron chi connectivity index (χ3n) is 3.26. The van der Waals surface area contributed by atoms with Crippen LogP contribution in [0.5, 0.6) is 0 Å². The largest absolute Gasteiger partial charge is 0.411 e. The number of hydrogen-bond donors (Lipinski definition) is 1. The third kappa shape index (κ3) is 4.04. The minimum Gasteiger partial charge on any atom is -0.411 e. The van der Waals surface area contributed by atoms with Crippen molar-refractivity contribution in [3.05, 3.63) is 58.6 Å². The summed E-state index contributed by atoms with van der Waals surface area (Å²) in [6, 6.07) is 15.2. The Bertz CT molecular complexity index is 866. The number of halogens is 1. The van der Waals surface area contributed by atoms with Gasteiger partial charge in [0.15, 0.2) is 0 Å². The molecule has 24 heavy (non-hydrogen) atoms. The number of anilines is 1. The number of benzene rings is 2. The molecule has 1 N–H and O–H groups in total. The highest BCUT2D eigenvalue weighted by Crippen LogP contribution is 2.26. The van der Waals surface area contributed by atoms with Crippen molar-refractivity contribution in [2.45, 2.75) is 12.1 Å². The first kappa shape index (κ1) is 16.7. The minimum atomic E-state index is -0.137. The number of carbonyl (C=O) groups excluding carboxylic acids is 1. The molecule has 5 nitrogen and oxygen atoms in total. The number of carbonyl (C=O) groups is 1. The number of hydrogen-bond acceptors (Lipinski definition) is 5. The van der Waals surface area contributed by atoms with Gasteiger partial charge in [-0.15, -0.1) is 10.2 Å². The van der Waals surface area contributed by atoms with E-state index in [1.54, 1.807) is 0 Å². The van der Waals surface area contributed by atoms with Gasteiger partial charge in [-0.1, -0.05) is 42.1 Å². The highest BCUT2D eigenvalue weighted by atomic mass is 79.9. The van der Waals surface area contributed by atoms with Gasteiger partial charge in [-0.2, -0.15) is 0 Å². The Balaban J connectivity index is 1.61. The fraction of sp³-hybridized carbons (Fsp3) is 0.118. The maximum Gasteiger partial charge on any atom is 0.277 e. The maximum atomic E-state index is 12.0. The molecule has 0 saturated heterocycles. The number of aryl methyl sites for hydroxylation is 1. The molecule has 0 aliphatic heterocycles. The number of aromatic nitrogens is 2. The van der Waals surface area contributed by atoms with E-state index in [2.05, 4.69) is 31.4 Å². The van der Waals surface area contributed by atoms with Crippen LogP contribution in [0.4, 0.5) is 5.69 Å². The smallest absolute Gasteiger partial charge is 0.277 e. The number of thioether (sulfide) groups is 1. The monoisotopic (exact) mass is 403 g/mol. The first-order valence-electron chi connectivity index (χ1n) is 7.20. The standard InChI is InChI=1S/C17H14BrN3O2S/c1-11-6-2-3-7-12(11)16-20-21-17(23-16)24-10-15(22)19-14-9-5-4-8-13(14)18/h2-9H,10H2,1H3,(H,19,22). The zero-order valence-electron chi connectivity index (χ0n) is 12.8. The van der Waals surface area contributed by atoms with E-state index >= 15 is 0 Å². The second-order valence-corrected chi connectivity index (χ2v) is 6.79. The summed E-state index contributed by atoms with van der Waals surface area (Å²) < 4.78 is 6.46. The second-order valence-electron chi connectivity index (χ2n) is 5.00. The fourth-order valence-electron chi connectivity index (χ4n) is 2.07. The fourth-order valence-corrected chi connectivity index (χ4v) is 3.01. The number of rotatable bonds is 5. The summed E-state index contributed by atoms with van der Waals surface area (Å²) in [5.41, 5.74) is 2.69. The molecule has 3 aromatic rings. The number of nitrogens with zero attached hydrogens (tertiary/aromatic N) is 2. The Labute approximate surface area is 152 Å². The molecule has 0 bridgehead atoms. The lowest BCUT2D eigenvalue weighted by Gasteiger charge is -2.05. The first-order chi connectivity index (χ1) is 11.6. The van der Waals surface area contributed by atoms with Crippen LogP contribution >= 0.6 is 27.7 Å². The van der Waals surface area contributed by atoms with Crippen molar-refractivity contribution in [3.8, 4) is 11.5 Å². The Morgan fingerprint density at radius 1 is 1.17 bits per heavy atom. The normalized spacial score (nSPS) is 10.6. The SMILES string of the molecule is Cc1ccccc1-c1nnc(SCC(=O)Nc2ccccc2Br)o1. The van der Waals surface area contributed by atoms with Crippen molar-refractivity contribution in [2.75, 3.05) is 11.1 Å². The van der Waals surface area contributed by atoms with E-state index in [0.29, 0.717) is 11.1 Å². The topological polar surface area (TPSA) is 68.0 Å². The molecule has 0 fully saturated rings. The molecule has 0 unspecified atom stereocenters. The summed E-state index contributed by atoms with van der Waals surface area (Å²) in [4.78, 5) is 12.0. The number of nitrogens with one attached hydrogen (secondary N) is 1. The van der Waals surface area contributed by atoms with Crippen LogP contribution in [-0.4, -0.2) is 21.9 Å². The minimum absolute atomic E-state index is 0.137. The average molecular weight is 404 g/mol. The van der Waals surface area contributed by atoms with Gasteiger partial charge in [-0.05, 0) is 46.6 Å². The summed E-state index contributed by atoms with van der Waals surface area (Å²) in [5, 5.41) is 11.2. The van der Waals surface area contributed by atoms with E-state index < -0.39 is 0 Å². The van der Waals surface area contributed by atoms with E-state index in [1.807, 2.05) is 55.5 Å². The summed E-state index contributed by atoms with van der Waals surface area (Å²) in [6.45, 7) is 1.98. The van der Waals surface area contributed by atoms with Crippen LogP contribution in [0.15, 0.2) is 62.6 Å². The molecule has 0 aliphatic rings. The Kier molecular flexibility index (Phi) is 5.32. The maximum absolute atomic E-state index is 12.0. The van der Waals surface area contributed by atoms with Crippen LogP contribution in [0.2, 0.25) is 0 Å². The van der Waals surface area contributed by atoms with Crippen molar-refractivity contribution in [2.24, 2.45) is 0 Å². The molecule has 0 atom stereocenters. The number of para-hydroxylation sites is 1. The van der Waals surface area contributed by atoms with Gasteiger partial charge >= 0.3 is 0 Å². The van der Waals surface area contributed by atoms with Crippen LogP contribution in [0.25, 0.3) is 11.5 Å². The predicted molar refractivity (Wildman–Crippen MR) is 98.0 cm³/mol. The van der Waals surface area contributed by atoms with Crippen LogP contribution in [0.3, 0.4) is 0 Å². The highest BCUT2D eigenvalue weighted by Gasteiger charge is 2.13. The van der Waals surface area contributed by atoms with Gasteiger partial charge < -0.3 is 9.73 Å². The summed E-state index contributed by atoms with van der Waals surface area (Å²) >= 11 is 4.60. The lowest BCUT2D eigenvalue weighted by molar-refractivity contribution is -0.113. The predicted octanol–water partition coefficient (Wildman–Crippen LogP) is 4.54. The first-order valence-corrected chi connectivity index (χ1v) is 8.98. The lowest BCUT2D eigenvalue weighted by atomic mass is 10.1. The van der Waals surface area contributed by atoms with E-state index in [1.165, 1.54) is 11.8 Å². The molecule has 0 radical (unpaired) electrons. The summed E-state index contributed by atoms with van der Waals surface area (Å²) in [5.74, 6) is 0.515. The van der Waals surface area contributed by atoms with E-state index in [-0.39, 0.29) is 11.7 Å². The van der Waals surface area contributed by atoms with Crippen molar-refractivity contribution < 1.29 is 9.21 Å². The molecule has 2 aromatic carbocycles. The highest BCUT2D eigenvalue weighted by molar-refractivity contribution is 9.10. The second kappa shape index (κ2) is 7.63. The van der Waals surface area contributed by atoms with Gasteiger partial charge in [0.2, 0.25) is 11.8 Å².